The number of alkyl halides is 1. The summed E-state index contributed by atoms with van der Waals surface area (Å²) in [7, 11) is 0. The standard InChI is InChI=1S/C11H11BrO2/c12-10-4-3-5-9-7(14-11(5)10)2-1-6(13)8(4)9/h1-2,4-5,7-11H,3H2/t4-,5+,7-,8+,9-,10-,11-/m0/s1. The van der Waals surface area contributed by atoms with Crippen LogP contribution in [-0.2, 0) is 9.53 Å². The van der Waals surface area contributed by atoms with Crippen LogP contribution in [0.4, 0.5) is 0 Å². The van der Waals surface area contributed by atoms with Crippen LogP contribution in [-0.4, -0.2) is 22.8 Å². The van der Waals surface area contributed by atoms with Crippen LogP contribution in [0, 0.1) is 23.7 Å². The van der Waals surface area contributed by atoms with Crippen LogP contribution in [0.3, 0.4) is 0 Å². The van der Waals surface area contributed by atoms with E-state index in [1.807, 2.05) is 6.08 Å². The molecular weight excluding hydrogens is 244 g/mol. The molecule has 3 heteroatoms. The Balaban J connectivity index is 1.90. The predicted octanol–water partition coefficient (Wildman–Crippen LogP) is 1.54. The summed E-state index contributed by atoms with van der Waals surface area (Å²) in [5.74, 6) is 2.30. The molecule has 7 atom stereocenters. The predicted molar refractivity (Wildman–Crippen MR) is 54.1 cm³/mol. The molecule has 2 nitrogen and oxygen atoms in total. The molecule has 0 aromatic carbocycles. The highest BCUT2D eigenvalue weighted by Crippen LogP contribution is 2.62. The van der Waals surface area contributed by atoms with E-state index < -0.39 is 0 Å². The number of allylic oxidation sites excluding steroid dienone is 1. The quantitative estimate of drug-likeness (QED) is 0.614. The van der Waals surface area contributed by atoms with Crippen LogP contribution in [0.15, 0.2) is 12.2 Å². The number of ether oxygens (including phenoxy) is 1. The number of rotatable bonds is 0. The maximum absolute atomic E-state index is 11.8. The highest BCUT2D eigenvalue weighted by molar-refractivity contribution is 9.09. The van der Waals surface area contributed by atoms with Gasteiger partial charge in [-0.3, -0.25) is 4.79 Å². The number of ketones is 1. The van der Waals surface area contributed by atoms with Crippen molar-refractivity contribution >= 4 is 21.7 Å². The van der Waals surface area contributed by atoms with Gasteiger partial charge < -0.3 is 4.74 Å². The Bertz CT molecular complexity index is 351. The van der Waals surface area contributed by atoms with Gasteiger partial charge in [-0.15, -0.1) is 0 Å². The third kappa shape index (κ3) is 0.694. The van der Waals surface area contributed by atoms with Crippen LogP contribution in [0.5, 0.6) is 0 Å². The molecule has 0 amide bonds. The van der Waals surface area contributed by atoms with Gasteiger partial charge in [-0.2, -0.15) is 0 Å². The summed E-state index contributed by atoms with van der Waals surface area (Å²) in [6.45, 7) is 0. The summed E-state index contributed by atoms with van der Waals surface area (Å²) >= 11 is 3.71. The van der Waals surface area contributed by atoms with E-state index in [2.05, 4.69) is 15.9 Å². The topological polar surface area (TPSA) is 26.3 Å². The lowest BCUT2D eigenvalue weighted by molar-refractivity contribution is -0.121. The molecule has 1 aliphatic heterocycles. The Labute approximate surface area is 90.8 Å². The molecule has 14 heavy (non-hydrogen) atoms. The molecule has 0 aromatic rings. The Morgan fingerprint density at radius 1 is 1.43 bits per heavy atom. The molecule has 0 spiro atoms. The minimum atomic E-state index is 0.236. The van der Waals surface area contributed by atoms with E-state index in [9.17, 15) is 4.79 Å². The average molecular weight is 255 g/mol. The molecule has 4 aliphatic rings. The highest BCUT2D eigenvalue weighted by Gasteiger charge is 2.66. The van der Waals surface area contributed by atoms with Gasteiger partial charge in [-0.1, -0.05) is 22.0 Å². The lowest BCUT2D eigenvalue weighted by Gasteiger charge is -2.30. The number of carbonyl (C=O) groups is 1. The van der Waals surface area contributed by atoms with Crippen LogP contribution in [0.25, 0.3) is 0 Å². The average Bonchev–Trinajstić information content (AvgIpc) is 2.75. The van der Waals surface area contributed by atoms with Crippen molar-refractivity contribution in [3.8, 4) is 0 Å². The second-order valence-electron chi connectivity index (χ2n) is 4.94. The molecule has 0 aromatic heterocycles. The van der Waals surface area contributed by atoms with Crippen molar-refractivity contribution in [2.45, 2.75) is 23.5 Å². The van der Waals surface area contributed by atoms with Crippen LogP contribution in [0.2, 0.25) is 0 Å². The van der Waals surface area contributed by atoms with Gasteiger partial charge in [0, 0.05) is 16.7 Å². The Kier molecular flexibility index (Phi) is 1.34. The number of hydrogen-bond acceptors (Lipinski definition) is 2. The third-order valence-electron chi connectivity index (χ3n) is 4.53. The SMILES string of the molecule is O=C1C=C[C@@H]2O[C@@H]3[C@@H](Br)[C@H]4C[C@@H]3[C@@H]2[C@@H]14. The van der Waals surface area contributed by atoms with Crippen molar-refractivity contribution in [1.82, 2.24) is 0 Å². The first kappa shape index (κ1) is 8.05. The van der Waals surface area contributed by atoms with Crippen molar-refractivity contribution in [1.29, 1.82) is 0 Å². The summed E-state index contributed by atoms with van der Waals surface area (Å²) in [5, 5.41) is 0. The first-order valence-electron chi connectivity index (χ1n) is 5.29. The Morgan fingerprint density at radius 3 is 3.14 bits per heavy atom. The molecule has 0 unspecified atom stereocenters. The minimum Gasteiger partial charge on any atom is -0.369 e. The largest absolute Gasteiger partial charge is 0.369 e. The van der Waals surface area contributed by atoms with Crippen LogP contribution >= 0.6 is 15.9 Å². The Morgan fingerprint density at radius 2 is 2.29 bits per heavy atom. The summed E-state index contributed by atoms with van der Waals surface area (Å²) < 4.78 is 5.98. The number of hydrogen-bond donors (Lipinski definition) is 0. The number of halogens is 1. The van der Waals surface area contributed by atoms with Crippen LogP contribution in [0.1, 0.15) is 6.42 Å². The second kappa shape index (κ2) is 2.33. The van der Waals surface area contributed by atoms with Crippen molar-refractivity contribution in [2.75, 3.05) is 0 Å². The first-order valence-corrected chi connectivity index (χ1v) is 6.20. The van der Waals surface area contributed by atoms with Gasteiger partial charge >= 0.3 is 0 Å². The molecule has 0 radical (unpaired) electrons. The van der Waals surface area contributed by atoms with E-state index >= 15 is 0 Å². The zero-order valence-electron chi connectivity index (χ0n) is 7.60. The summed E-state index contributed by atoms with van der Waals surface area (Å²) in [6, 6.07) is 0. The molecule has 1 saturated heterocycles. The molecule has 2 bridgehead atoms. The Hall–Kier alpha value is -0.150. The normalized spacial score (nSPS) is 62.6. The molecule has 4 rings (SSSR count). The third-order valence-corrected chi connectivity index (χ3v) is 5.73. The fourth-order valence-electron chi connectivity index (χ4n) is 4.10. The lowest BCUT2D eigenvalue weighted by atomic mass is 9.73. The number of fused-ring (bicyclic) bond motifs is 2. The van der Waals surface area contributed by atoms with Gasteiger partial charge in [-0.05, 0) is 24.3 Å². The maximum atomic E-state index is 11.8. The molecule has 0 N–H and O–H groups in total. The summed E-state index contributed by atoms with van der Waals surface area (Å²) in [6.07, 6.45) is 5.53. The summed E-state index contributed by atoms with van der Waals surface area (Å²) in [4.78, 5) is 12.2. The highest BCUT2D eigenvalue weighted by atomic mass is 79.9. The van der Waals surface area contributed by atoms with Crippen molar-refractivity contribution < 1.29 is 9.53 Å². The van der Waals surface area contributed by atoms with Crippen molar-refractivity contribution in [2.24, 2.45) is 23.7 Å². The van der Waals surface area contributed by atoms with E-state index in [4.69, 9.17) is 4.74 Å². The smallest absolute Gasteiger partial charge is 0.159 e. The van der Waals surface area contributed by atoms with E-state index in [0.29, 0.717) is 34.5 Å². The van der Waals surface area contributed by atoms with Crippen LogP contribution < -0.4 is 0 Å². The lowest BCUT2D eigenvalue weighted by Crippen LogP contribution is -2.39. The number of carbonyl (C=O) groups excluding carboxylic acids is 1. The zero-order valence-corrected chi connectivity index (χ0v) is 9.18. The summed E-state index contributed by atoms with van der Waals surface area (Å²) in [5.41, 5.74) is 0. The molecule has 1 heterocycles. The molecule has 74 valence electrons. The zero-order chi connectivity index (χ0) is 9.45. The van der Waals surface area contributed by atoms with Gasteiger partial charge in [-0.25, -0.2) is 0 Å². The minimum absolute atomic E-state index is 0.236. The van der Waals surface area contributed by atoms with Crippen molar-refractivity contribution in [3.05, 3.63) is 12.2 Å². The molecule has 3 fully saturated rings. The fraction of sp³-hybridized carbons (Fsp3) is 0.727. The maximum Gasteiger partial charge on any atom is 0.159 e. The van der Waals surface area contributed by atoms with Gasteiger partial charge in [0.05, 0.1) is 12.2 Å². The van der Waals surface area contributed by atoms with Gasteiger partial charge in [0.2, 0.25) is 0 Å². The van der Waals surface area contributed by atoms with E-state index in [1.165, 1.54) is 6.42 Å². The second-order valence-corrected chi connectivity index (χ2v) is 6.00. The van der Waals surface area contributed by atoms with Crippen molar-refractivity contribution in [3.63, 3.8) is 0 Å². The van der Waals surface area contributed by atoms with E-state index in [0.717, 1.165) is 0 Å². The molecule has 3 aliphatic carbocycles. The fourth-order valence-corrected chi connectivity index (χ4v) is 5.16. The first-order chi connectivity index (χ1) is 6.77. The van der Waals surface area contributed by atoms with E-state index in [1.54, 1.807) is 6.08 Å². The van der Waals surface area contributed by atoms with Gasteiger partial charge in [0.25, 0.3) is 0 Å². The van der Waals surface area contributed by atoms with Gasteiger partial charge in [0.15, 0.2) is 5.78 Å². The monoisotopic (exact) mass is 254 g/mol. The van der Waals surface area contributed by atoms with E-state index in [-0.39, 0.29) is 12.0 Å². The molecular formula is C11H11BrO2. The van der Waals surface area contributed by atoms with Gasteiger partial charge in [0.1, 0.15) is 0 Å². The molecule has 2 saturated carbocycles.